The fourth-order valence-electron chi connectivity index (χ4n) is 0.897. The van der Waals surface area contributed by atoms with Gasteiger partial charge in [-0.1, -0.05) is 42.6 Å². The van der Waals surface area contributed by atoms with Gasteiger partial charge < -0.3 is 0 Å². The zero-order valence-corrected chi connectivity index (χ0v) is 7.73. The lowest BCUT2D eigenvalue weighted by molar-refractivity contribution is -0.109. The van der Waals surface area contributed by atoms with Crippen molar-refractivity contribution in [3.63, 3.8) is 0 Å². The standard InChI is InChI=1S/C10H10OS/c1-3-9-6-4-5-7-10(9)12-8(2)11/h3-7H,1H2,2H3. The quantitative estimate of drug-likeness (QED) is 0.648. The third-order valence-electron chi connectivity index (χ3n) is 1.39. The Kier molecular flexibility index (Phi) is 3.11. The lowest BCUT2D eigenvalue weighted by atomic mass is 10.2. The minimum absolute atomic E-state index is 0.101. The van der Waals surface area contributed by atoms with Crippen molar-refractivity contribution < 1.29 is 4.79 Å². The van der Waals surface area contributed by atoms with E-state index in [-0.39, 0.29) is 5.12 Å². The van der Waals surface area contributed by atoms with Gasteiger partial charge in [0.2, 0.25) is 0 Å². The minimum atomic E-state index is 0.101. The number of hydrogen-bond donors (Lipinski definition) is 0. The van der Waals surface area contributed by atoms with Crippen LogP contribution in [0.4, 0.5) is 0 Å². The first-order chi connectivity index (χ1) is 5.74. The van der Waals surface area contributed by atoms with E-state index in [4.69, 9.17) is 0 Å². The maximum Gasteiger partial charge on any atom is 0.190 e. The summed E-state index contributed by atoms with van der Waals surface area (Å²) in [5, 5.41) is 0.101. The average Bonchev–Trinajstić information content (AvgIpc) is 2.04. The number of hydrogen-bond acceptors (Lipinski definition) is 2. The van der Waals surface area contributed by atoms with Gasteiger partial charge in [-0.05, 0) is 11.6 Å². The molecule has 0 aliphatic rings. The summed E-state index contributed by atoms with van der Waals surface area (Å²) in [6.07, 6.45) is 1.76. The molecule has 0 saturated heterocycles. The number of benzene rings is 1. The van der Waals surface area contributed by atoms with E-state index in [1.54, 1.807) is 13.0 Å². The summed E-state index contributed by atoms with van der Waals surface area (Å²) in [5.74, 6) is 0. The van der Waals surface area contributed by atoms with Gasteiger partial charge >= 0.3 is 0 Å². The summed E-state index contributed by atoms with van der Waals surface area (Å²) in [4.78, 5) is 11.8. The molecular weight excluding hydrogens is 168 g/mol. The van der Waals surface area contributed by atoms with Gasteiger partial charge in [0.1, 0.15) is 0 Å². The normalized spacial score (nSPS) is 9.42. The molecule has 62 valence electrons. The molecule has 0 saturated carbocycles. The minimum Gasteiger partial charge on any atom is -0.287 e. The second-order valence-corrected chi connectivity index (χ2v) is 3.55. The Morgan fingerprint density at radius 2 is 2.17 bits per heavy atom. The van der Waals surface area contributed by atoms with Crippen molar-refractivity contribution >= 4 is 23.0 Å². The molecule has 0 N–H and O–H groups in total. The van der Waals surface area contributed by atoms with Crippen molar-refractivity contribution in [2.75, 3.05) is 0 Å². The van der Waals surface area contributed by atoms with Gasteiger partial charge in [0, 0.05) is 11.8 Å². The Balaban J connectivity index is 2.96. The fraction of sp³-hybridized carbons (Fsp3) is 0.100. The van der Waals surface area contributed by atoms with Gasteiger partial charge in [-0.2, -0.15) is 0 Å². The molecule has 0 aromatic heterocycles. The second-order valence-electron chi connectivity index (χ2n) is 2.34. The fourth-order valence-corrected chi connectivity index (χ4v) is 1.62. The number of carbonyl (C=O) groups is 1. The van der Waals surface area contributed by atoms with Crippen LogP contribution in [0.5, 0.6) is 0 Å². The summed E-state index contributed by atoms with van der Waals surface area (Å²) in [6, 6.07) is 7.71. The predicted molar refractivity (Wildman–Crippen MR) is 53.1 cm³/mol. The van der Waals surface area contributed by atoms with E-state index in [0.717, 1.165) is 10.5 Å². The summed E-state index contributed by atoms with van der Waals surface area (Å²) in [5.41, 5.74) is 1.01. The highest BCUT2D eigenvalue weighted by Crippen LogP contribution is 2.23. The zero-order valence-electron chi connectivity index (χ0n) is 6.91. The van der Waals surface area contributed by atoms with Crippen molar-refractivity contribution in [1.29, 1.82) is 0 Å². The average molecular weight is 178 g/mol. The van der Waals surface area contributed by atoms with Gasteiger partial charge in [-0.15, -0.1) is 0 Å². The number of rotatable bonds is 2. The van der Waals surface area contributed by atoms with Crippen LogP contribution in [0.1, 0.15) is 12.5 Å². The summed E-state index contributed by atoms with van der Waals surface area (Å²) < 4.78 is 0. The first-order valence-corrected chi connectivity index (χ1v) is 4.45. The van der Waals surface area contributed by atoms with Crippen LogP contribution in [0, 0.1) is 0 Å². The van der Waals surface area contributed by atoms with Crippen molar-refractivity contribution in [3.05, 3.63) is 36.4 Å². The van der Waals surface area contributed by atoms with E-state index in [1.165, 1.54) is 11.8 Å². The third kappa shape index (κ3) is 2.24. The molecular formula is C10H10OS. The molecule has 1 rings (SSSR count). The molecule has 1 aromatic rings. The van der Waals surface area contributed by atoms with Crippen LogP contribution in [0.25, 0.3) is 6.08 Å². The van der Waals surface area contributed by atoms with Crippen LogP contribution in [0.3, 0.4) is 0 Å². The molecule has 2 heteroatoms. The molecule has 0 aliphatic carbocycles. The smallest absolute Gasteiger partial charge is 0.190 e. The van der Waals surface area contributed by atoms with Gasteiger partial charge in [0.15, 0.2) is 5.12 Å². The van der Waals surface area contributed by atoms with Gasteiger partial charge in [-0.3, -0.25) is 4.79 Å². The molecule has 1 aromatic carbocycles. The molecule has 0 bridgehead atoms. The lowest BCUT2D eigenvalue weighted by Crippen LogP contribution is -1.83. The molecule has 1 nitrogen and oxygen atoms in total. The van der Waals surface area contributed by atoms with Crippen molar-refractivity contribution in [1.82, 2.24) is 0 Å². The molecule has 0 radical (unpaired) electrons. The topological polar surface area (TPSA) is 17.1 Å². The summed E-state index contributed by atoms with van der Waals surface area (Å²) in [7, 11) is 0. The second kappa shape index (κ2) is 4.12. The molecule has 0 fully saturated rings. The van der Waals surface area contributed by atoms with Gasteiger partial charge in [-0.25, -0.2) is 0 Å². The molecule has 0 atom stereocenters. The Hall–Kier alpha value is -1.02. The highest BCUT2D eigenvalue weighted by molar-refractivity contribution is 8.13. The maximum absolute atomic E-state index is 10.8. The van der Waals surface area contributed by atoms with Crippen LogP contribution in [0.2, 0.25) is 0 Å². The van der Waals surface area contributed by atoms with E-state index < -0.39 is 0 Å². The first-order valence-electron chi connectivity index (χ1n) is 3.64. The monoisotopic (exact) mass is 178 g/mol. The maximum atomic E-state index is 10.8. The van der Waals surface area contributed by atoms with Crippen LogP contribution in [-0.4, -0.2) is 5.12 Å². The number of thioether (sulfide) groups is 1. The molecule has 0 aliphatic heterocycles. The van der Waals surface area contributed by atoms with E-state index in [1.807, 2.05) is 24.3 Å². The van der Waals surface area contributed by atoms with E-state index in [0.29, 0.717) is 0 Å². The number of carbonyl (C=O) groups excluding carboxylic acids is 1. The molecule has 0 unspecified atom stereocenters. The zero-order chi connectivity index (χ0) is 8.97. The van der Waals surface area contributed by atoms with E-state index >= 15 is 0 Å². The highest BCUT2D eigenvalue weighted by atomic mass is 32.2. The Bertz CT molecular complexity index is 304. The van der Waals surface area contributed by atoms with Crippen LogP contribution < -0.4 is 0 Å². The van der Waals surface area contributed by atoms with Gasteiger partial charge in [0.05, 0.1) is 0 Å². The summed E-state index contributed by atoms with van der Waals surface area (Å²) in [6.45, 7) is 5.23. The van der Waals surface area contributed by atoms with Gasteiger partial charge in [0.25, 0.3) is 0 Å². The Morgan fingerprint density at radius 3 is 2.75 bits per heavy atom. The van der Waals surface area contributed by atoms with Crippen molar-refractivity contribution in [2.24, 2.45) is 0 Å². The molecule has 0 heterocycles. The van der Waals surface area contributed by atoms with Crippen LogP contribution >= 0.6 is 11.8 Å². The molecule has 12 heavy (non-hydrogen) atoms. The van der Waals surface area contributed by atoms with Crippen molar-refractivity contribution in [2.45, 2.75) is 11.8 Å². The molecule has 0 amide bonds. The first kappa shape index (κ1) is 9.07. The largest absolute Gasteiger partial charge is 0.287 e. The van der Waals surface area contributed by atoms with Crippen LogP contribution in [-0.2, 0) is 4.79 Å². The molecule has 0 spiro atoms. The van der Waals surface area contributed by atoms with E-state index in [2.05, 4.69) is 6.58 Å². The van der Waals surface area contributed by atoms with Crippen molar-refractivity contribution in [3.8, 4) is 0 Å². The Morgan fingerprint density at radius 1 is 1.50 bits per heavy atom. The SMILES string of the molecule is C=Cc1ccccc1SC(C)=O. The van der Waals surface area contributed by atoms with Crippen LogP contribution in [0.15, 0.2) is 35.7 Å². The third-order valence-corrected chi connectivity index (χ3v) is 2.27. The summed E-state index contributed by atoms with van der Waals surface area (Å²) >= 11 is 1.24. The predicted octanol–water partition coefficient (Wildman–Crippen LogP) is 2.97. The van der Waals surface area contributed by atoms with E-state index in [9.17, 15) is 4.79 Å². The Labute approximate surface area is 76.5 Å². The lowest BCUT2D eigenvalue weighted by Gasteiger charge is -2.00. The highest BCUT2D eigenvalue weighted by Gasteiger charge is 2.01.